The molecule has 0 spiro atoms. The predicted molar refractivity (Wildman–Crippen MR) is 85.0 cm³/mol. The van der Waals surface area contributed by atoms with Gasteiger partial charge in [-0.25, -0.2) is 0 Å². The zero-order chi connectivity index (χ0) is 16.8. The molecule has 7 nitrogen and oxygen atoms in total. The van der Waals surface area contributed by atoms with Gasteiger partial charge in [-0.3, -0.25) is 19.7 Å². The quantitative estimate of drug-likeness (QED) is 0.654. The molecule has 0 bridgehead atoms. The van der Waals surface area contributed by atoms with Crippen LogP contribution in [0.1, 0.15) is 22.8 Å². The molecular weight excluding hydrogens is 298 g/mol. The highest BCUT2D eigenvalue weighted by Crippen LogP contribution is 2.25. The van der Waals surface area contributed by atoms with Gasteiger partial charge in [0.15, 0.2) is 0 Å². The number of nitrogens with zero attached hydrogens (tertiary/aromatic N) is 1. The normalized spacial score (nSPS) is 9.96. The smallest absolute Gasteiger partial charge is 0.293 e. The lowest BCUT2D eigenvalue weighted by molar-refractivity contribution is -0.384. The molecule has 7 heteroatoms. The summed E-state index contributed by atoms with van der Waals surface area (Å²) in [6.07, 6.45) is 0. The average molecular weight is 313 g/mol. The van der Waals surface area contributed by atoms with Crippen molar-refractivity contribution in [2.24, 2.45) is 0 Å². The van der Waals surface area contributed by atoms with Crippen molar-refractivity contribution in [1.29, 1.82) is 0 Å². The summed E-state index contributed by atoms with van der Waals surface area (Å²) in [6, 6.07) is 13.2. The highest BCUT2D eigenvalue weighted by molar-refractivity contribution is 5.97. The summed E-state index contributed by atoms with van der Waals surface area (Å²) in [7, 11) is 0. The molecule has 2 rings (SSSR count). The summed E-state index contributed by atoms with van der Waals surface area (Å²) in [5, 5.41) is 16.1. The Morgan fingerprint density at radius 2 is 1.83 bits per heavy atom. The van der Waals surface area contributed by atoms with Gasteiger partial charge in [-0.15, -0.1) is 0 Å². The Balaban J connectivity index is 2.15. The van der Waals surface area contributed by atoms with Crippen LogP contribution in [0.15, 0.2) is 48.5 Å². The van der Waals surface area contributed by atoms with E-state index in [-0.39, 0.29) is 16.9 Å². The zero-order valence-corrected chi connectivity index (χ0v) is 12.4. The third-order valence-electron chi connectivity index (χ3n) is 3.06. The molecule has 0 aromatic heterocycles. The molecule has 0 aliphatic carbocycles. The van der Waals surface area contributed by atoms with Crippen LogP contribution in [-0.2, 0) is 11.3 Å². The van der Waals surface area contributed by atoms with Crippen molar-refractivity contribution in [3.63, 3.8) is 0 Å². The lowest BCUT2D eigenvalue weighted by atomic mass is 10.1. The molecule has 2 amide bonds. The van der Waals surface area contributed by atoms with Crippen molar-refractivity contribution in [3.05, 3.63) is 69.8 Å². The molecule has 0 aliphatic rings. The van der Waals surface area contributed by atoms with E-state index >= 15 is 0 Å². The number of rotatable bonds is 5. The maximum atomic E-state index is 12.1. The fourth-order valence-corrected chi connectivity index (χ4v) is 2.00. The van der Waals surface area contributed by atoms with Gasteiger partial charge in [-0.05, 0) is 17.7 Å². The topological polar surface area (TPSA) is 101 Å². The van der Waals surface area contributed by atoms with Gasteiger partial charge in [0.25, 0.3) is 11.6 Å². The lowest BCUT2D eigenvalue weighted by Gasteiger charge is -2.08. The molecular formula is C16H15N3O4. The number of nitro groups is 1. The summed E-state index contributed by atoms with van der Waals surface area (Å²) in [5.74, 6) is -0.847. The van der Waals surface area contributed by atoms with Crippen molar-refractivity contribution in [2.75, 3.05) is 5.32 Å². The third-order valence-corrected chi connectivity index (χ3v) is 3.06. The molecule has 0 aliphatic heterocycles. The van der Waals surface area contributed by atoms with E-state index in [1.807, 2.05) is 30.3 Å². The second kappa shape index (κ2) is 7.17. The Morgan fingerprint density at radius 3 is 2.43 bits per heavy atom. The van der Waals surface area contributed by atoms with Crippen molar-refractivity contribution >= 4 is 23.2 Å². The number of hydrogen-bond acceptors (Lipinski definition) is 4. The summed E-state index contributed by atoms with van der Waals surface area (Å²) >= 11 is 0. The van der Waals surface area contributed by atoms with Crippen molar-refractivity contribution in [2.45, 2.75) is 13.5 Å². The molecule has 23 heavy (non-hydrogen) atoms. The van der Waals surface area contributed by atoms with E-state index in [2.05, 4.69) is 10.6 Å². The second-order valence-corrected chi connectivity index (χ2v) is 4.84. The van der Waals surface area contributed by atoms with E-state index in [9.17, 15) is 19.7 Å². The Morgan fingerprint density at radius 1 is 1.13 bits per heavy atom. The Hall–Kier alpha value is -3.22. The van der Waals surface area contributed by atoms with Crippen molar-refractivity contribution in [1.82, 2.24) is 5.32 Å². The maximum absolute atomic E-state index is 12.1. The first kappa shape index (κ1) is 16.2. The summed E-state index contributed by atoms with van der Waals surface area (Å²) in [4.78, 5) is 33.6. The molecule has 0 heterocycles. The summed E-state index contributed by atoms with van der Waals surface area (Å²) < 4.78 is 0. The SMILES string of the molecule is CC(=O)Nc1ccc(C(=O)NCc2ccccc2)cc1[N+](=O)[O-]. The Kier molecular flexibility index (Phi) is 5.03. The number of hydrogen-bond donors (Lipinski definition) is 2. The first-order chi connectivity index (χ1) is 11.0. The Labute approximate surface area is 132 Å². The number of carbonyl (C=O) groups excluding carboxylic acids is 2. The minimum absolute atomic E-state index is 0.0575. The molecule has 0 fully saturated rings. The fourth-order valence-electron chi connectivity index (χ4n) is 2.00. The molecule has 0 atom stereocenters. The molecule has 2 N–H and O–H groups in total. The van der Waals surface area contributed by atoms with Crippen LogP contribution in [0.2, 0.25) is 0 Å². The van der Waals surface area contributed by atoms with E-state index < -0.39 is 16.7 Å². The minimum atomic E-state index is -0.640. The molecule has 0 radical (unpaired) electrons. The number of nitrogens with one attached hydrogen (secondary N) is 2. The van der Waals surface area contributed by atoms with Crippen LogP contribution in [0.4, 0.5) is 11.4 Å². The van der Waals surface area contributed by atoms with Crippen LogP contribution in [0.3, 0.4) is 0 Å². The molecule has 2 aromatic rings. The van der Waals surface area contributed by atoms with Crippen LogP contribution < -0.4 is 10.6 Å². The first-order valence-electron chi connectivity index (χ1n) is 6.85. The molecule has 118 valence electrons. The van der Waals surface area contributed by atoms with Gasteiger partial charge in [0.1, 0.15) is 5.69 Å². The van der Waals surface area contributed by atoms with Gasteiger partial charge in [-0.2, -0.15) is 0 Å². The minimum Gasteiger partial charge on any atom is -0.348 e. The number of nitro benzene ring substituents is 1. The van der Waals surface area contributed by atoms with Crippen molar-refractivity contribution < 1.29 is 14.5 Å². The largest absolute Gasteiger partial charge is 0.348 e. The van der Waals surface area contributed by atoms with E-state index in [0.717, 1.165) is 11.6 Å². The number of amides is 2. The van der Waals surface area contributed by atoms with E-state index in [1.165, 1.54) is 19.1 Å². The van der Waals surface area contributed by atoms with Crippen LogP contribution in [0.5, 0.6) is 0 Å². The van der Waals surface area contributed by atoms with E-state index in [1.54, 1.807) is 0 Å². The highest BCUT2D eigenvalue weighted by atomic mass is 16.6. The van der Waals surface area contributed by atoms with Gasteiger partial charge in [0.05, 0.1) is 4.92 Å². The molecule has 0 saturated carbocycles. The average Bonchev–Trinajstić information content (AvgIpc) is 2.53. The summed E-state index contributed by atoms with van der Waals surface area (Å²) in [5.41, 5.74) is 0.807. The molecule has 2 aromatic carbocycles. The van der Waals surface area contributed by atoms with Gasteiger partial charge >= 0.3 is 0 Å². The van der Waals surface area contributed by atoms with Gasteiger partial charge < -0.3 is 10.6 Å². The van der Waals surface area contributed by atoms with Crippen molar-refractivity contribution in [3.8, 4) is 0 Å². The van der Waals surface area contributed by atoms with Crippen LogP contribution in [0, 0.1) is 10.1 Å². The van der Waals surface area contributed by atoms with Crippen LogP contribution in [0.25, 0.3) is 0 Å². The number of benzene rings is 2. The predicted octanol–water partition coefficient (Wildman–Crippen LogP) is 2.48. The summed E-state index contributed by atoms with van der Waals surface area (Å²) in [6.45, 7) is 1.57. The van der Waals surface area contributed by atoms with Gasteiger partial charge in [-0.1, -0.05) is 30.3 Å². The number of carbonyl (C=O) groups is 2. The van der Waals surface area contributed by atoms with E-state index in [4.69, 9.17) is 0 Å². The van der Waals surface area contributed by atoms with Gasteiger partial charge in [0, 0.05) is 25.1 Å². The standard InChI is InChI=1S/C16H15N3O4/c1-11(20)18-14-8-7-13(9-15(14)19(22)23)16(21)17-10-12-5-3-2-4-6-12/h2-9H,10H2,1H3,(H,17,21)(H,18,20). The fraction of sp³-hybridized carbons (Fsp3) is 0.125. The molecule has 0 saturated heterocycles. The number of anilines is 1. The van der Waals surface area contributed by atoms with Gasteiger partial charge in [0.2, 0.25) is 5.91 Å². The maximum Gasteiger partial charge on any atom is 0.293 e. The van der Waals surface area contributed by atoms with Crippen LogP contribution in [-0.4, -0.2) is 16.7 Å². The second-order valence-electron chi connectivity index (χ2n) is 4.84. The third kappa shape index (κ3) is 4.37. The first-order valence-corrected chi connectivity index (χ1v) is 6.85. The zero-order valence-electron chi connectivity index (χ0n) is 12.4. The highest BCUT2D eigenvalue weighted by Gasteiger charge is 2.18. The van der Waals surface area contributed by atoms with E-state index in [0.29, 0.717) is 6.54 Å². The monoisotopic (exact) mass is 313 g/mol. The van der Waals surface area contributed by atoms with Crippen LogP contribution >= 0.6 is 0 Å². The molecule has 0 unspecified atom stereocenters. The Bertz CT molecular complexity index is 744. The lowest BCUT2D eigenvalue weighted by Crippen LogP contribution is -2.23.